The number of hydrogen-bond donors (Lipinski definition) is 3. The number of anilines is 2. The van der Waals surface area contributed by atoms with E-state index < -0.39 is 11.8 Å². The Kier molecular flexibility index (Phi) is 5.24. The summed E-state index contributed by atoms with van der Waals surface area (Å²) in [5, 5.41) is 3.11. The number of nitrogens with two attached hydrogens (primary N) is 2. The van der Waals surface area contributed by atoms with Crippen LogP contribution < -0.4 is 21.7 Å². The molecule has 8 nitrogen and oxygen atoms in total. The maximum Gasteiger partial charge on any atom is 0.237 e. The number of aryl methyl sites for hydroxylation is 1. The number of aromatic nitrogens is 2. The second-order valence-electron chi connectivity index (χ2n) is 4.39. The van der Waals surface area contributed by atoms with E-state index in [4.69, 9.17) is 11.5 Å². The van der Waals surface area contributed by atoms with Crippen molar-refractivity contribution in [1.82, 2.24) is 9.97 Å². The Morgan fingerprint density at radius 3 is 2.15 bits per heavy atom. The highest BCUT2D eigenvalue weighted by atomic mass is 16.2. The highest BCUT2D eigenvalue weighted by Gasteiger charge is 2.18. The van der Waals surface area contributed by atoms with Crippen LogP contribution in [0.2, 0.25) is 0 Å². The second kappa shape index (κ2) is 6.69. The Hall–Kier alpha value is -2.38. The van der Waals surface area contributed by atoms with Gasteiger partial charge in [-0.1, -0.05) is 0 Å². The van der Waals surface area contributed by atoms with Gasteiger partial charge in [0.25, 0.3) is 0 Å². The van der Waals surface area contributed by atoms with Gasteiger partial charge < -0.3 is 21.7 Å². The Bertz CT molecular complexity index is 501. The van der Waals surface area contributed by atoms with Crippen LogP contribution in [0.4, 0.5) is 11.6 Å². The molecule has 0 atom stereocenters. The molecule has 0 spiro atoms. The largest absolute Gasteiger partial charge is 0.370 e. The smallest absolute Gasteiger partial charge is 0.237 e. The monoisotopic (exact) mass is 280 g/mol. The van der Waals surface area contributed by atoms with Crippen molar-refractivity contribution < 1.29 is 9.59 Å². The molecule has 20 heavy (non-hydrogen) atoms. The Balaban J connectivity index is 3.23. The summed E-state index contributed by atoms with van der Waals surface area (Å²) in [7, 11) is 0. The Morgan fingerprint density at radius 2 is 1.70 bits per heavy atom. The van der Waals surface area contributed by atoms with Gasteiger partial charge >= 0.3 is 0 Å². The fraction of sp³-hybridized carbons (Fsp3) is 0.500. The normalized spacial score (nSPS) is 10.2. The van der Waals surface area contributed by atoms with Gasteiger partial charge in [-0.15, -0.1) is 0 Å². The van der Waals surface area contributed by atoms with E-state index in [1.165, 1.54) is 4.90 Å². The summed E-state index contributed by atoms with van der Waals surface area (Å²) in [5.74, 6) is 0.541. The fourth-order valence-corrected chi connectivity index (χ4v) is 1.84. The van der Waals surface area contributed by atoms with Gasteiger partial charge in [0.2, 0.25) is 11.8 Å². The third-order valence-electron chi connectivity index (χ3n) is 2.57. The number of hydrogen-bond acceptors (Lipinski definition) is 6. The van der Waals surface area contributed by atoms with Crippen LogP contribution in [-0.2, 0) is 9.59 Å². The van der Waals surface area contributed by atoms with Gasteiger partial charge in [0.05, 0.1) is 13.1 Å². The summed E-state index contributed by atoms with van der Waals surface area (Å²) in [5.41, 5.74) is 11.1. The molecular weight excluding hydrogens is 260 g/mol. The summed E-state index contributed by atoms with van der Waals surface area (Å²) in [6, 6.07) is 0. The van der Waals surface area contributed by atoms with Crippen molar-refractivity contribution in [2.45, 2.75) is 20.8 Å². The lowest BCUT2D eigenvalue weighted by Crippen LogP contribution is -2.40. The van der Waals surface area contributed by atoms with Gasteiger partial charge in [-0.25, -0.2) is 9.97 Å². The van der Waals surface area contributed by atoms with Gasteiger partial charge in [-0.2, -0.15) is 0 Å². The molecule has 0 radical (unpaired) electrons. The highest BCUT2D eigenvalue weighted by Crippen LogP contribution is 2.23. The first kappa shape index (κ1) is 15.7. The topological polar surface area (TPSA) is 127 Å². The molecule has 1 aromatic heterocycles. The highest BCUT2D eigenvalue weighted by molar-refractivity contribution is 5.85. The molecule has 0 aliphatic heterocycles. The van der Waals surface area contributed by atoms with E-state index in [1.807, 2.05) is 13.8 Å². The summed E-state index contributed by atoms with van der Waals surface area (Å²) < 4.78 is 0. The molecule has 1 heterocycles. The van der Waals surface area contributed by atoms with Crippen LogP contribution in [0.3, 0.4) is 0 Å². The molecule has 0 saturated carbocycles. The zero-order chi connectivity index (χ0) is 15.3. The summed E-state index contributed by atoms with van der Waals surface area (Å²) >= 11 is 0. The van der Waals surface area contributed by atoms with Crippen LogP contribution >= 0.6 is 0 Å². The third-order valence-corrected chi connectivity index (χ3v) is 2.57. The zero-order valence-electron chi connectivity index (χ0n) is 11.9. The van der Waals surface area contributed by atoms with Gasteiger partial charge in [0.1, 0.15) is 17.5 Å². The molecule has 0 aliphatic rings. The molecule has 8 heteroatoms. The molecule has 0 aromatic carbocycles. The van der Waals surface area contributed by atoms with Crippen molar-refractivity contribution in [2.24, 2.45) is 11.5 Å². The van der Waals surface area contributed by atoms with E-state index in [9.17, 15) is 9.59 Å². The first-order chi connectivity index (χ1) is 9.35. The standard InChI is InChI=1S/C12H20N6O2/c1-4-15-11-7(2)12(17-8(3)16-11)18(5-9(13)19)6-10(14)20/h4-6H2,1-3H3,(H2,13,19)(H2,14,20)(H,15,16,17). The van der Waals surface area contributed by atoms with Crippen molar-refractivity contribution >= 4 is 23.5 Å². The van der Waals surface area contributed by atoms with Crippen LogP contribution in [0.5, 0.6) is 0 Å². The Labute approximate surface area is 117 Å². The zero-order valence-corrected chi connectivity index (χ0v) is 11.9. The average Bonchev–Trinajstić information content (AvgIpc) is 2.31. The average molecular weight is 280 g/mol. The maximum absolute atomic E-state index is 11.1. The van der Waals surface area contributed by atoms with E-state index in [-0.39, 0.29) is 13.1 Å². The van der Waals surface area contributed by atoms with E-state index in [2.05, 4.69) is 15.3 Å². The van der Waals surface area contributed by atoms with Gasteiger partial charge in [-0.3, -0.25) is 9.59 Å². The second-order valence-corrected chi connectivity index (χ2v) is 4.39. The van der Waals surface area contributed by atoms with Crippen molar-refractivity contribution in [1.29, 1.82) is 0 Å². The molecule has 2 amide bonds. The molecule has 0 saturated heterocycles. The summed E-state index contributed by atoms with van der Waals surface area (Å²) in [4.78, 5) is 32.3. The first-order valence-electron chi connectivity index (χ1n) is 6.25. The maximum atomic E-state index is 11.1. The van der Waals surface area contributed by atoms with E-state index in [0.29, 0.717) is 24.0 Å². The van der Waals surface area contributed by atoms with Crippen molar-refractivity contribution in [3.63, 3.8) is 0 Å². The van der Waals surface area contributed by atoms with E-state index >= 15 is 0 Å². The number of nitrogens with zero attached hydrogens (tertiary/aromatic N) is 3. The number of carbonyl (C=O) groups is 2. The summed E-state index contributed by atoms with van der Waals surface area (Å²) in [6.45, 7) is 5.92. The number of rotatable bonds is 7. The van der Waals surface area contributed by atoms with Crippen LogP contribution in [-0.4, -0.2) is 41.4 Å². The number of primary amides is 2. The molecule has 0 bridgehead atoms. The molecule has 1 aromatic rings. The number of nitrogens with one attached hydrogen (secondary N) is 1. The summed E-state index contributed by atoms with van der Waals surface area (Å²) in [6.07, 6.45) is 0. The quantitative estimate of drug-likeness (QED) is 0.606. The Morgan fingerprint density at radius 1 is 1.15 bits per heavy atom. The lowest BCUT2D eigenvalue weighted by Gasteiger charge is -2.23. The fourth-order valence-electron chi connectivity index (χ4n) is 1.84. The lowest BCUT2D eigenvalue weighted by atomic mass is 10.2. The van der Waals surface area contributed by atoms with E-state index in [1.54, 1.807) is 6.92 Å². The first-order valence-corrected chi connectivity index (χ1v) is 6.25. The molecule has 1 rings (SSSR count). The van der Waals surface area contributed by atoms with E-state index in [0.717, 1.165) is 5.56 Å². The van der Waals surface area contributed by atoms with Crippen molar-refractivity contribution in [2.75, 3.05) is 29.9 Å². The minimum Gasteiger partial charge on any atom is -0.370 e. The predicted octanol–water partition coefficient (Wildman–Crippen LogP) is -0.698. The number of amides is 2. The SMILES string of the molecule is CCNc1nc(C)nc(N(CC(N)=O)CC(N)=O)c1C. The van der Waals surface area contributed by atoms with Crippen molar-refractivity contribution in [3.05, 3.63) is 11.4 Å². The van der Waals surface area contributed by atoms with Crippen LogP contribution in [0.15, 0.2) is 0 Å². The van der Waals surface area contributed by atoms with Crippen LogP contribution in [0.25, 0.3) is 0 Å². The minimum atomic E-state index is -0.563. The van der Waals surface area contributed by atoms with Gasteiger partial charge in [0.15, 0.2) is 0 Å². The van der Waals surface area contributed by atoms with Crippen LogP contribution in [0.1, 0.15) is 18.3 Å². The lowest BCUT2D eigenvalue weighted by molar-refractivity contribution is -0.117. The van der Waals surface area contributed by atoms with Crippen molar-refractivity contribution in [3.8, 4) is 0 Å². The number of carbonyl (C=O) groups excluding carboxylic acids is 2. The minimum absolute atomic E-state index is 0.133. The van der Waals surface area contributed by atoms with Crippen LogP contribution in [0, 0.1) is 13.8 Å². The van der Waals surface area contributed by atoms with Gasteiger partial charge in [-0.05, 0) is 20.8 Å². The molecule has 0 unspecified atom stereocenters. The predicted molar refractivity (Wildman–Crippen MR) is 76.3 cm³/mol. The molecule has 0 fully saturated rings. The molecular formula is C12H20N6O2. The molecule has 5 N–H and O–H groups in total. The molecule has 0 aliphatic carbocycles. The molecule has 110 valence electrons. The third kappa shape index (κ3) is 4.08. The van der Waals surface area contributed by atoms with Gasteiger partial charge in [0, 0.05) is 12.1 Å².